The summed E-state index contributed by atoms with van der Waals surface area (Å²) in [6, 6.07) is 6.10. The quantitative estimate of drug-likeness (QED) is 0.740. The third kappa shape index (κ3) is 5.83. The first-order valence-electron chi connectivity index (χ1n) is 7.57. The van der Waals surface area contributed by atoms with Crippen molar-refractivity contribution in [2.45, 2.75) is 34.1 Å². The van der Waals surface area contributed by atoms with E-state index in [2.05, 4.69) is 38.7 Å². The smallest absolute Gasteiger partial charge is 0.141 e. The van der Waals surface area contributed by atoms with Crippen molar-refractivity contribution in [1.29, 1.82) is 0 Å². The van der Waals surface area contributed by atoms with Gasteiger partial charge in [-0.1, -0.05) is 33.8 Å². The highest BCUT2D eigenvalue weighted by Crippen LogP contribution is 2.22. The van der Waals surface area contributed by atoms with E-state index in [1.54, 1.807) is 7.11 Å². The number of nitrogen functional groups attached to an aromatic ring is 1. The van der Waals surface area contributed by atoms with Crippen LogP contribution < -0.4 is 10.5 Å². The summed E-state index contributed by atoms with van der Waals surface area (Å²) in [4.78, 5) is 2.55. The summed E-state index contributed by atoms with van der Waals surface area (Å²) in [6.45, 7) is 12.5. The van der Waals surface area contributed by atoms with E-state index in [4.69, 9.17) is 10.5 Å². The van der Waals surface area contributed by atoms with Gasteiger partial charge in [-0.15, -0.1) is 0 Å². The highest BCUT2D eigenvalue weighted by molar-refractivity contribution is 5.54. The summed E-state index contributed by atoms with van der Waals surface area (Å²) in [6.07, 6.45) is 1.04. The van der Waals surface area contributed by atoms with Gasteiger partial charge in [-0.2, -0.15) is 0 Å². The molecule has 0 radical (unpaired) electrons. The number of anilines is 1. The Morgan fingerprint density at radius 1 is 1.10 bits per heavy atom. The van der Waals surface area contributed by atoms with Crippen LogP contribution in [0.3, 0.4) is 0 Å². The van der Waals surface area contributed by atoms with Crippen LogP contribution in [-0.2, 0) is 6.42 Å². The number of ether oxygens (including phenoxy) is 1. The lowest BCUT2D eigenvalue weighted by Gasteiger charge is -2.26. The number of nitrogens with two attached hydrogens (primary N) is 1. The molecule has 3 heteroatoms. The summed E-state index contributed by atoms with van der Waals surface area (Å²) in [5, 5.41) is 0. The third-order valence-electron chi connectivity index (χ3n) is 3.26. The molecule has 0 fully saturated rings. The summed E-state index contributed by atoms with van der Waals surface area (Å²) < 4.78 is 5.20. The Morgan fingerprint density at radius 3 is 2.15 bits per heavy atom. The fourth-order valence-corrected chi connectivity index (χ4v) is 2.52. The molecule has 1 aromatic carbocycles. The fourth-order valence-electron chi connectivity index (χ4n) is 2.52. The molecule has 1 rings (SSSR count). The predicted octanol–water partition coefficient (Wildman–Crippen LogP) is 3.43. The van der Waals surface area contributed by atoms with Crippen LogP contribution in [0.25, 0.3) is 0 Å². The van der Waals surface area contributed by atoms with Gasteiger partial charge in [-0.25, -0.2) is 0 Å². The molecule has 0 atom stereocenters. The molecule has 0 saturated carbocycles. The van der Waals surface area contributed by atoms with Crippen LogP contribution >= 0.6 is 0 Å². The Morgan fingerprint density at radius 2 is 1.70 bits per heavy atom. The van der Waals surface area contributed by atoms with E-state index in [0.717, 1.165) is 37.5 Å². The number of hydrogen-bond acceptors (Lipinski definition) is 3. The van der Waals surface area contributed by atoms with Gasteiger partial charge in [0.2, 0.25) is 0 Å². The maximum Gasteiger partial charge on any atom is 0.141 e. The molecule has 1 aromatic rings. The van der Waals surface area contributed by atoms with Crippen molar-refractivity contribution >= 4 is 5.69 Å². The minimum Gasteiger partial charge on any atom is -0.495 e. The monoisotopic (exact) mass is 278 g/mol. The number of methoxy groups -OCH3 is 1. The molecule has 0 aliphatic heterocycles. The third-order valence-corrected chi connectivity index (χ3v) is 3.26. The lowest BCUT2D eigenvalue weighted by molar-refractivity contribution is 0.222. The van der Waals surface area contributed by atoms with Crippen LogP contribution in [0, 0.1) is 11.8 Å². The van der Waals surface area contributed by atoms with Crippen molar-refractivity contribution in [2.24, 2.45) is 11.8 Å². The topological polar surface area (TPSA) is 38.5 Å². The van der Waals surface area contributed by atoms with Gasteiger partial charge < -0.3 is 15.4 Å². The molecule has 0 amide bonds. The van der Waals surface area contributed by atoms with Crippen molar-refractivity contribution in [3.8, 4) is 5.75 Å². The maximum absolute atomic E-state index is 5.96. The molecule has 114 valence electrons. The van der Waals surface area contributed by atoms with E-state index in [-0.39, 0.29) is 0 Å². The van der Waals surface area contributed by atoms with Gasteiger partial charge in [0.25, 0.3) is 0 Å². The second kappa shape index (κ2) is 8.15. The van der Waals surface area contributed by atoms with E-state index in [0.29, 0.717) is 11.8 Å². The summed E-state index contributed by atoms with van der Waals surface area (Å²) in [5.41, 5.74) is 7.97. The first-order chi connectivity index (χ1) is 9.42. The number of benzene rings is 1. The molecule has 0 heterocycles. The lowest BCUT2D eigenvalue weighted by Crippen LogP contribution is -2.33. The Balaban J connectivity index is 2.59. The summed E-state index contributed by atoms with van der Waals surface area (Å²) in [5.74, 6) is 2.17. The van der Waals surface area contributed by atoms with E-state index >= 15 is 0 Å². The van der Waals surface area contributed by atoms with E-state index < -0.39 is 0 Å². The first kappa shape index (κ1) is 16.8. The molecule has 3 nitrogen and oxygen atoms in total. The molecule has 0 aromatic heterocycles. The Bertz CT molecular complexity index is 392. The van der Waals surface area contributed by atoms with Gasteiger partial charge in [0.1, 0.15) is 5.75 Å². The zero-order valence-corrected chi connectivity index (χ0v) is 13.6. The molecule has 0 aliphatic rings. The van der Waals surface area contributed by atoms with Gasteiger partial charge in [-0.05, 0) is 36.0 Å². The Kier molecular flexibility index (Phi) is 6.86. The van der Waals surface area contributed by atoms with Crippen molar-refractivity contribution in [3.63, 3.8) is 0 Å². The SMILES string of the molecule is COc1ccc(CCN(CC(C)C)CC(C)C)cc1N. The van der Waals surface area contributed by atoms with Crippen LogP contribution in [0.15, 0.2) is 18.2 Å². The van der Waals surface area contributed by atoms with E-state index in [9.17, 15) is 0 Å². The highest BCUT2D eigenvalue weighted by Gasteiger charge is 2.10. The average molecular weight is 278 g/mol. The molecular weight excluding hydrogens is 248 g/mol. The standard InChI is InChI=1S/C17H30N2O/c1-13(2)11-19(12-14(3)4)9-8-15-6-7-17(20-5)16(18)10-15/h6-7,10,13-14H,8-9,11-12,18H2,1-5H3. The molecule has 0 bridgehead atoms. The molecule has 20 heavy (non-hydrogen) atoms. The zero-order valence-electron chi connectivity index (χ0n) is 13.6. The van der Waals surface area contributed by atoms with E-state index in [1.807, 2.05) is 12.1 Å². The summed E-state index contributed by atoms with van der Waals surface area (Å²) >= 11 is 0. The van der Waals surface area contributed by atoms with Crippen LogP contribution in [0.2, 0.25) is 0 Å². The number of hydrogen-bond donors (Lipinski definition) is 1. The Hall–Kier alpha value is -1.22. The van der Waals surface area contributed by atoms with Gasteiger partial charge >= 0.3 is 0 Å². The van der Waals surface area contributed by atoms with Gasteiger partial charge in [0.05, 0.1) is 12.8 Å². The van der Waals surface area contributed by atoms with Crippen molar-refractivity contribution < 1.29 is 4.74 Å². The molecular formula is C17H30N2O. The largest absolute Gasteiger partial charge is 0.495 e. The predicted molar refractivity (Wildman–Crippen MR) is 87.2 cm³/mol. The minimum absolute atomic E-state index is 0.703. The van der Waals surface area contributed by atoms with Crippen LogP contribution in [0.4, 0.5) is 5.69 Å². The van der Waals surface area contributed by atoms with Crippen molar-refractivity contribution in [2.75, 3.05) is 32.5 Å². The molecule has 0 aliphatic carbocycles. The number of rotatable bonds is 8. The van der Waals surface area contributed by atoms with Gasteiger partial charge in [0.15, 0.2) is 0 Å². The molecule has 0 saturated heterocycles. The van der Waals surface area contributed by atoms with Crippen LogP contribution in [0.1, 0.15) is 33.3 Å². The van der Waals surface area contributed by atoms with E-state index in [1.165, 1.54) is 5.56 Å². The van der Waals surface area contributed by atoms with Crippen LogP contribution in [0.5, 0.6) is 5.75 Å². The fraction of sp³-hybridized carbons (Fsp3) is 0.647. The second-order valence-corrected chi connectivity index (χ2v) is 6.37. The normalized spacial score (nSPS) is 11.6. The minimum atomic E-state index is 0.703. The van der Waals surface area contributed by atoms with Gasteiger partial charge in [-0.3, -0.25) is 0 Å². The lowest BCUT2D eigenvalue weighted by atomic mass is 10.1. The van der Waals surface area contributed by atoms with Crippen molar-refractivity contribution in [3.05, 3.63) is 23.8 Å². The Labute approximate surface area is 124 Å². The zero-order chi connectivity index (χ0) is 15.1. The number of nitrogens with zero attached hydrogens (tertiary/aromatic N) is 1. The second-order valence-electron chi connectivity index (χ2n) is 6.37. The molecule has 2 N–H and O–H groups in total. The van der Waals surface area contributed by atoms with Gasteiger partial charge in [0, 0.05) is 19.6 Å². The molecule has 0 unspecified atom stereocenters. The van der Waals surface area contributed by atoms with Crippen molar-refractivity contribution in [1.82, 2.24) is 4.90 Å². The first-order valence-corrected chi connectivity index (χ1v) is 7.57. The average Bonchev–Trinajstić information content (AvgIpc) is 2.34. The molecule has 0 spiro atoms. The van der Waals surface area contributed by atoms with Crippen LogP contribution in [-0.4, -0.2) is 31.6 Å². The highest BCUT2D eigenvalue weighted by atomic mass is 16.5. The summed E-state index contributed by atoms with van der Waals surface area (Å²) in [7, 11) is 1.65. The maximum atomic E-state index is 5.96.